The van der Waals surface area contributed by atoms with Crippen molar-refractivity contribution >= 4 is 23.6 Å². The van der Waals surface area contributed by atoms with Gasteiger partial charge in [-0.05, 0) is 47.5 Å². The standard InChI is InChI=1S/C25H20FN3O4/c1-28(21(22(27)30)17-5-4-6-18(26)13-17)23(31)16-11-9-15(10-12-16)14-29-24(32)19-7-2-3-8-20(19)25(29)33/h2-13,21H,14H2,1H3,(H2,27,30). The molecule has 0 aliphatic carbocycles. The number of hydrogen-bond donors (Lipinski definition) is 1. The minimum atomic E-state index is -1.15. The average Bonchev–Trinajstić information content (AvgIpc) is 3.04. The number of carbonyl (C=O) groups is 4. The third kappa shape index (κ3) is 4.10. The molecule has 166 valence electrons. The Morgan fingerprint density at radius 1 is 0.939 bits per heavy atom. The minimum Gasteiger partial charge on any atom is -0.368 e. The highest BCUT2D eigenvalue weighted by Crippen LogP contribution is 2.25. The lowest BCUT2D eigenvalue weighted by Gasteiger charge is -2.26. The van der Waals surface area contributed by atoms with E-state index in [-0.39, 0.29) is 29.5 Å². The first-order valence-corrected chi connectivity index (χ1v) is 10.1. The van der Waals surface area contributed by atoms with E-state index in [4.69, 9.17) is 5.73 Å². The van der Waals surface area contributed by atoms with Gasteiger partial charge < -0.3 is 10.6 Å². The van der Waals surface area contributed by atoms with Crippen LogP contribution in [-0.2, 0) is 11.3 Å². The van der Waals surface area contributed by atoms with Crippen LogP contribution in [0, 0.1) is 5.82 Å². The summed E-state index contributed by atoms with van der Waals surface area (Å²) in [5.74, 6) is -2.56. The number of imide groups is 1. The van der Waals surface area contributed by atoms with Gasteiger partial charge in [0.25, 0.3) is 17.7 Å². The summed E-state index contributed by atoms with van der Waals surface area (Å²) in [5.41, 5.74) is 7.41. The van der Waals surface area contributed by atoms with Crippen molar-refractivity contribution in [1.82, 2.24) is 9.80 Å². The van der Waals surface area contributed by atoms with Crippen LogP contribution in [0.1, 0.15) is 48.2 Å². The van der Waals surface area contributed by atoms with Gasteiger partial charge in [-0.3, -0.25) is 24.1 Å². The molecule has 0 aromatic heterocycles. The molecule has 0 radical (unpaired) electrons. The molecule has 0 saturated carbocycles. The molecule has 3 aromatic carbocycles. The fraction of sp³-hybridized carbons (Fsp3) is 0.120. The highest BCUT2D eigenvalue weighted by Gasteiger charge is 2.35. The van der Waals surface area contributed by atoms with Gasteiger partial charge in [0, 0.05) is 12.6 Å². The number of amides is 4. The van der Waals surface area contributed by atoms with Gasteiger partial charge in [0.05, 0.1) is 17.7 Å². The van der Waals surface area contributed by atoms with Crippen LogP contribution >= 0.6 is 0 Å². The molecule has 33 heavy (non-hydrogen) atoms. The van der Waals surface area contributed by atoms with Crippen LogP contribution in [-0.4, -0.2) is 40.5 Å². The number of nitrogens with two attached hydrogens (primary N) is 1. The molecule has 0 fully saturated rings. The molecule has 4 rings (SSSR count). The van der Waals surface area contributed by atoms with Crippen molar-refractivity contribution in [1.29, 1.82) is 0 Å². The number of halogens is 1. The highest BCUT2D eigenvalue weighted by atomic mass is 19.1. The molecule has 1 aliphatic heterocycles. The summed E-state index contributed by atoms with van der Waals surface area (Å²) in [6.45, 7) is 0.0594. The van der Waals surface area contributed by atoms with E-state index in [0.29, 0.717) is 16.7 Å². The zero-order chi connectivity index (χ0) is 23.7. The molecule has 3 aromatic rings. The Morgan fingerprint density at radius 3 is 2.09 bits per heavy atom. The fourth-order valence-electron chi connectivity index (χ4n) is 3.89. The summed E-state index contributed by atoms with van der Waals surface area (Å²) in [6, 6.07) is 17.2. The molecule has 0 saturated heterocycles. The lowest BCUT2D eigenvalue weighted by atomic mass is 10.0. The second-order valence-corrected chi connectivity index (χ2v) is 7.71. The first-order valence-electron chi connectivity index (χ1n) is 10.1. The molecule has 4 amide bonds. The maximum atomic E-state index is 13.6. The smallest absolute Gasteiger partial charge is 0.261 e. The number of benzene rings is 3. The SMILES string of the molecule is CN(C(=O)c1ccc(CN2C(=O)c3ccccc3C2=O)cc1)C(C(N)=O)c1cccc(F)c1. The van der Waals surface area contributed by atoms with Crippen LogP contribution in [0.2, 0.25) is 0 Å². The molecule has 0 bridgehead atoms. The second kappa shape index (κ2) is 8.66. The van der Waals surface area contributed by atoms with Crippen molar-refractivity contribution in [2.45, 2.75) is 12.6 Å². The van der Waals surface area contributed by atoms with Crippen molar-refractivity contribution in [2.24, 2.45) is 5.73 Å². The molecule has 0 spiro atoms. The molecule has 1 heterocycles. The Kier molecular flexibility index (Phi) is 5.74. The fourth-order valence-corrected chi connectivity index (χ4v) is 3.89. The molecule has 1 aliphatic rings. The number of likely N-dealkylation sites (N-methyl/N-ethyl adjacent to an activating group) is 1. The van der Waals surface area contributed by atoms with Crippen molar-refractivity contribution in [3.8, 4) is 0 Å². The van der Waals surface area contributed by atoms with E-state index in [1.807, 2.05) is 0 Å². The number of rotatable bonds is 6. The largest absolute Gasteiger partial charge is 0.368 e. The maximum absolute atomic E-state index is 13.6. The normalized spacial score (nSPS) is 13.6. The van der Waals surface area contributed by atoms with E-state index in [1.165, 1.54) is 37.4 Å². The molecule has 7 nitrogen and oxygen atoms in total. The van der Waals surface area contributed by atoms with Crippen molar-refractivity contribution < 1.29 is 23.6 Å². The summed E-state index contributed by atoms with van der Waals surface area (Å²) in [5, 5.41) is 0. The van der Waals surface area contributed by atoms with E-state index in [1.54, 1.807) is 36.4 Å². The summed E-state index contributed by atoms with van der Waals surface area (Å²) in [4.78, 5) is 52.4. The Balaban J connectivity index is 1.51. The van der Waals surface area contributed by atoms with Gasteiger partial charge in [-0.1, -0.05) is 36.4 Å². The molecular weight excluding hydrogens is 425 g/mol. The molecular formula is C25H20FN3O4. The number of carbonyl (C=O) groups excluding carboxylic acids is 4. The maximum Gasteiger partial charge on any atom is 0.261 e. The minimum absolute atomic E-state index is 0.0594. The first-order chi connectivity index (χ1) is 15.8. The van der Waals surface area contributed by atoms with Crippen LogP contribution in [0.4, 0.5) is 4.39 Å². The Hall–Kier alpha value is -4.33. The van der Waals surface area contributed by atoms with E-state index < -0.39 is 23.7 Å². The topological polar surface area (TPSA) is 101 Å². The summed E-state index contributed by atoms with van der Waals surface area (Å²) in [7, 11) is 1.41. The van der Waals surface area contributed by atoms with E-state index in [9.17, 15) is 23.6 Å². The number of hydrogen-bond acceptors (Lipinski definition) is 4. The number of primary amides is 1. The predicted octanol–water partition coefficient (Wildman–Crippen LogP) is 2.92. The molecule has 2 N–H and O–H groups in total. The monoisotopic (exact) mass is 445 g/mol. The Labute approximate surface area is 189 Å². The number of fused-ring (bicyclic) bond motifs is 1. The second-order valence-electron chi connectivity index (χ2n) is 7.71. The lowest BCUT2D eigenvalue weighted by molar-refractivity contribution is -0.122. The zero-order valence-electron chi connectivity index (χ0n) is 17.7. The quantitative estimate of drug-likeness (QED) is 0.590. The van der Waals surface area contributed by atoms with Crippen LogP contribution in [0.3, 0.4) is 0 Å². The molecule has 8 heteroatoms. The summed E-state index contributed by atoms with van der Waals surface area (Å²) < 4.78 is 13.6. The van der Waals surface area contributed by atoms with Gasteiger partial charge in [-0.2, -0.15) is 0 Å². The van der Waals surface area contributed by atoms with E-state index >= 15 is 0 Å². The molecule has 1 atom stereocenters. The van der Waals surface area contributed by atoms with Gasteiger partial charge in [0.1, 0.15) is 11.9 Å². The van der Waals surface area contributed by atoms with Crippen LogP contribution in [0.5, 0.6) is 0 Å². The van der Waals surface area contributed by atoms with E-state index in [2.05, 4.69) is 0 Å². The zero-order valence-corrected chi connectivity index (χ0v) is 17.7. The third-order valence-electron chi connectivity index (χ3n) is 5.56. The van der Waals surface area contributed by atoms with Crippen LogP contribution in [0.25, 0.3) is 0 Å². The van der Waals surface area contributed by atoms with Gasteiger partial charge in [-0.15, -0.1) is 0 Å². The average molecular weight is 445 g/mol. The number of nitrogens with zero attached hydrogens (tertiary/aromatic N) is 2. The Morgan fingerprint density at radius 2 is 1.55 bits per heavy atom. The van der Waals surface area contributed by atoms with Gasteiger partial charge >= 0.3 is 0 Å². The van der Waals surface area contributed by atoms with Crippen molar-refractivity contribution in [2.75, 3.05) is 7.05 Å². The predicted molar refractivity (Wildman–Crippen MR) is 118 cm³/mol. The summed E-state index contributed by atoms with van der Waals surface area (Å²) in [6.07, 6.45) is 0. The van der Waals surface area contributed by atoms with Crippen LogP contribution < -0.4 is 5.73 Å². The van der Waals surface area contributed by atoms with Gasteiger partial charge in [-0.25, -0.2) is 4.39 Å². The van der Waals surface area contributed by atoms with Gasteiger partial charge in [0.2, 0.25) is 5.91 Å². The third-order valence-corrected chi connectivity index (χ3v) is 5.56. The highest BCUT2D eigenvalue weighted by molar-refractivity contribution is 6.21. The van der Waals surface area contributed by atoms with Crippen molar-refractivity contribution in [3.63, 3.8) is 0 Å². The van der Waals surface area contributed by atoms with E-state index in [0.717, 1.165) is 15.9 Å². The van der Waals surface area contributed by atoms with Crippen molar-refractivity contribution in [3.05, 3.63) is 106 Å². The summed E-state index contributed by atoms with van der Waals surface area (Å²) >= 11 is 0. The first kappa shape index (κ1) is 21.9. The van der Waals surface area contributed by atoms with Gasteiger partial charge in [0.15, 0.2) is 0 Å². The lowest BCUT2D eigenvalue weighted by Crippen LogP contribution is -2.39. The Bertz CT molecular complexity index is 1240. The molecule has 1 unspecified atom stereocenters. The van der Waals surface area contributed by atoms with Crippen LogP contribution in [0.15, 0.2) is 72.8 Å².